The molecule has 0 aromatic heterocycles. The molecule has 1 heterocycles. The van der Waals surface area contributed by atoms with Crippen LogP contribution in [-0.4, -0.2) is 37.0 Å². The third kappa shape index (κ3) is 4.51. The predicted octanol–water partition coefficient (Wildman–Crippen LogP) is 2.57. The normalized spacial score (nSPS) is 17.3. The number of nitrogens with one attached hydrogen (secondary N) is 1. The van der Waals surface area contributed by atoms with Crippen molar-refractivity contribution in [1.82, 2.24) is 10.2 Å². The smallest absolute Gasteiger partial charge is 0.242 e. The minimum Gasteiger partial charge on any atom is -0.354 e. The fourth-order valence-electron chi connectivity index (χ4n) is 2.38. The average molecular weight is 281 g/mol. The Hall–Kier alpha value is -1.06. The molecule has 1 unspecified atom stereocenters. The Labute approximate surface area is 119 Å². The van der Waals surface area contributed by atoms with Crippen LogP contribution in [0.4, 0.5) is 0 Å². The van der Waals surface area contributed by atoms with E-state index in [1.807, 2.05) is 30.3 Å². The van der Waals surface area contributed by atoms with Gasteiger partial charge < -0.3 is 10.2 Å². The van der Waals surface area contributed by atoms with Crippen LogP contribution in [0.3, 0.4) is 0 Å². The van der Waals surface area contributed by atoms with Crippen LogP contribution in [0.1, 0.15) is 30.2 Å². The van der Waals surface area contributed by atoms with Gasteiger partial charge in [-0.3, -0.25) is 4.79 Å². The molecule has 1 fully saturated rings. The average Bonchev–Trinajstić information content (AvgIpc) is 2.96. The molecule has 1 N–H and O–H groups in total. The molecule has 1 amide bonds. The van der Waals surface area contributed by atoms with Crippen LogP contribution in [0, 0.1) is 0 Å². The van der Waals surface area contributed by atoms with Gasteiger partial charge in [0.2, 0.25) is 5.91 Å². The first-order valence-corrected chi connectivity index (χ1v) is 7.40. The molecule has 1 aromatic carbocycles. The monoisotopic (exact) mass is 280 g/mol. The molecule has 0 radical (unpaired) electrons. The topological polar surface area (TPSA) is 32.3 Å². The lowest BCUT2D eigenvalue weighted by Crippen LogP contribution is -2.30. The van der Waals surface area contributed by atoms with Crippen molar-refractivity contribution in [3.05, 3.63) is 35.9 Å². The first-order valence-electron chi connectivity index (χ1n) is 6.96. The number of carbonyl (C=O) groups is 1. The SMILES string of the molecule is O=C(NCCCN1CCCC1)C(Cl)c1ccccc1. The number of benzene rings is 1. The molecule has 3 nitrogen and oxygen atoms in total. The van der Waals surface area contributed by atoms with E-state index < -0.39 is 5.38 Å². The van der Waals surface area contributed by atoms with Crippen LogP contribution in [-0.2, 0) is 4.79 Å². The van der Waals surface area contributed by atoms with E-state index in [2.05, 4.69) is 10.2 Å². The van der Waals surface area contributed by atoms with E-state index in [9.17, 15) is 4.79 Å². The summed E-state index contributed by atoms with van der Waals surface area (Å²) >= 11 is 6.14. The fraction of sp³-hybridized carbons (Fsp3) is 0.533. The Morgan fingerprint density at radius 2 is 1.95 bits per heavy atom. The van der Waals surface area contributed by atoms with E-state index in [0.29, 0.717) is 6.54 Å². The van der Waals surface area contributed by atoms with Crippen LogP contribution in [0.5, 0.6) is 0 Å². The van der Waals surface area contributed by atoms with Gasteiger partial charge in [-0.2, -0.15) is 0 Å². The largest absolute Gasteiger partial charge is 0.354 e. The second kappa shape index (κ2) is 7.51. The molecule has 1 aliphatic heterocycles. The number of hydrogen-bond donors (Lipinski definition) is 1. The molecule has 1 atom stereocenters. The molecule has 0 saturated carbocycles. The lowest BCUT2D eigenvalue weighted by molar-refractivity contribution is -0.120. The van der Waals surface area contributed by atoms with Gasteiger partial charge in [-0.15, -0.1) is 11.6 Å². The van der Waals surface area contributed by atoms with Crippen LogP contribution < -0.4 is 5.32 Å². The molecule has 1 saturated heterocycles. The van der Waals surface area contributed by atoms with Gasteiger partial charge >= 0.3 is 0 Å². The van der Waals surface area contributed by atoms with Crippen LogP contribution in [0.15, 0.2) is 30.3 Å². The first-order chi connectivity index (χ1) is 9.27. The van der Waals surface area contributed by atoms with Gasteiger partial charge in [0.05, 0.1) is 0 Å². The van der Waals surface area contributed by atoms with Gasteiger partial charge in [0.25, 0.3) is 0 Å². The molecule has 2 rings (SSSR count). The molecule has 1 aromatic rings. The minimum atomic E-state index is -0.590. The van der Waals surface area contributed by atoms with Gasteiger partial charge in [0, 0.05) is 6.54 Å². The van der Waals surface area contributed by atoms with Gasteiger partial charge in [-0.05, 0) is 44.5 Å². The standard InChI is InChI=1S/C15H21ClN2O/c16-14(13-7-2-1-3-8-13)15(19)17-9-6-12-18-10-4-5-11-18/h1-3,7-8,14H,4-6,9-12H2,(H,17,19). The number of rotatable bonds is 6. The molecule has 104 valence electrons. The Morgan fingerprint density at radius 3 is 2.63 bits per heavy atom. The summed E-state index contributed by atoms with van der Waals surface area (Å²) < 4.78 is 0. The second-order valence-corrected chi connectivity index (χ2v) is 5.40. The third-order valence-electron chi connectivity index (χ3n) is 3.47. The highest BCUT2D eigenvalue weighted by Crippen LogP contribution is 2.19. The summed E-state index contributed by atoms with van der Waals surface area (Å²) in [5, 5.41) is 2.32. The Balaban J connectivity index is 1.66. The van der Waals surface area contributed by atoms with E-state index in [1.165, 1.54) is 25.9 Å². The minimum absolute atomic E-state index is 0.103. The number of likely N-dealkylation sites (tertiary alicyclic amines) is 1. The summed E-state index contributed by atoms with van der Waals surface area (Å²) in [6, 6.07) is 9.46. The number of carbonyl (C=O) groups excluding carboxylic acids is 1. The molecule has 0 aliphatic carbocycles. The van der Waals surface area contributed by atoms with Gasteiger partial charge in [0.15, 0.2) is 0 Å². The summed E-state index contributed by atoms with van der Waals surface area (Å²) in [5.41, 5.74) is 0.848. The van der Waals surface area contributed by atoms with E-state index in [0.717, 1.165) is 18.5 Å². The van der Waals surface area contributed by atoms with E-state index in [1.54, 1.807) is 0 Å². The third-order valence-corrected chi connectivity index (χ3v) is 3.92. The molecule has 1 aliphatic rings. The molecular formula is C15H21ClN2O. The summed E-state index contributed by atoms with van der Waals surface area (Å²) in [7, 11) is 0. The van der Waals surface area contributed by atoms with E-state index in [4.69, 9.17) is 11.6 Å². The van der Waals surface area contributed by atoms with Gasteiger partial charge in [-0.25, -0.2) is 0 Å². The Bertz CT molecular complexity index is 390. The van der Waals surface area contributed by atoms with Crippen molar-refractivity contribution in [1.29, 1.82) is 0 Å². The Kier molecular flexibility index (Phi) is 5.67. The van der Waals surface area contributed by atoms with Crippen molar-refractivity contribution in [2.45, 2.75) is 24.6 Å². The zero-order valence-corrected chi connectivity index (χ0v) is 11.9. The highest BCUT2D eigenvalue weighted by molar-refractivity contribution is 6.30. The van der Waals surface area contributed by atoms with E-state index in [-0.39, 0.29) is 5.91 Å². The predicted molar refractivity (Wildman–Crippen MR) is 78.3 cm³/mol. The number of nitrogens with zero attached hydrogens (tertiary/aromatic N) is 1. The molecule has 4 heteroatoms. The zero-order valence-electron chi connectivity index (χ0n) is 11.1. The molecular weight excluding hydrogens is 260 g/mol. The lowest BCUT2D eigenvalue weighted by atomic mass is 10.1. The van der Waals surface area contributed by atoms with Gasteiger partial charge in [-0.1, -0.05) is 30.3 Å². The number of hydrogen-bond acceptors (Lipinski definition) is 2. The Morgan fingerprint density at radius 1 is 1.26 bits per heavy atom. The lowest BCUT2D eigenvalue weighted by Gasteiger charge is -2.15. The maximum Gasteiger partial charge on any atom is 0.242 e. The quantitative estimate of drug-likeness (QED) is 0.642. The van der Waals surface area contributed by atoms with Crippen molar-refractivity contribution < 1.29 is 4.79 Å². The van der Waals surface area contributed by atoms with Crippen molar-refractivity contribution in [3.8, 4) is 0 Å². The molecule has 0 spiro atoms. The highest BCUT2D eigenvalue weighted by atomic mass is 35.5. The maximum absolute atomic E-state index is 11.9. The maximum atomic E-state index is 11.9. The summed E-state index contributed by atoms with van der Waals surface area (Å²) in [6.07, 6.45) is 3.61. The molecule has 19 heavy (non-hydrogen) atoms. The van der Waals surface area contributed by atoms with Crippen LogP contribution in [0.2, 0.25) is 0 Å². The summed E-state index contributed by atoms with van der Waals surface area (Å²) in [4.78, 5) is 14.3. The van der Waals surface area contributed by atoms with Crippen molar-refractivity contribution in [2.24, 2.45) is 0 Å². The van der Waals surface area contributed by atoms with Crippen molar-refractivity contribution >= 4 is 17.5 Å². The van der Waals surface area contributed by atoms with Crippen LogP contribution >= 0.6 is 11.6 Å². The summed E-state index contributed by atoms with van der Waals surface area (Å²) in [6.45, 7) is 4.18. The number of amides is 1. The zero-order chi connectivity index (χ0) is 13.5. The van der Waals surface area contributed by atoms with Crippen LogP contribution in [0.25, 0.3) is 0 Å². The van der Waals surface area contributed by atoms with E-state index >= 15 is 0 Å². The number of halogens is 1. The number of alkyl halides is 1. The van der Waals surface area contributed by atoms with Crippen molar-refractivity contribution in [3.63, 3.8) is 0 Å². The summed E-state index contributed by atoms with van der Waals surface area (Å²) in [5.74, 6) is -0.103. The first kappa shape index (κ1) is 14.4. The molecule has 0 bridgehead atoms. The second-order valence-electron chi connectivity index (χ2n) is 4.97. The van der Waals surface area contributed by atoms with Crippen molar-refractivity contribution in [2.75, 3.05) is 26.2 Å². The highest BCUT2D eigenvalue weighted by Gasteiger charge is 2.16. The van der Waals surface area contributed by atoms with Gasteiger partial charge in [0.1, 0.15) is 5.38 Å². The fourth-order valence-corrected chi connectivity index (χ4v) is 2.61.